The fourth-order valence-corrected chi connectivity index (χ4v) is 1.82. The predicted octanol–water partition coefficient (Wildman–Crippen LogP) is 0.572. The molecule has 17 heavy (non-hydrogen) atoms. The van der Waals surface area contributed by atoms with Crippen molar-refractivity contribution in [2.75, 3.05) is 32.7 Å². The van der Waals surface area contributed by atoms with Crippen molar-refractivity contribution in [2.45, 2.75) is 19.8 Å². The summed E-state index contributed by atoms with van der Waals surface area (Å²) in [6.07, 6.45) is 4.39. The molecule has 0 aromatic carbocycles. The van der Waals surface area contributed by atoms with Gasteiger partial charge in [0.2, 0.25) is 5.91 Å². The summed E-state index contributed by atoms with van der Waals surface area (Å²) in [4.78, 5) is 25.9. The molecule has 5 nitrogen and oxygen atoms in total. The van der Waals surface area contributed by atoms with Gasteiger partial charge in [0.15, 0.2) is 0 Å². The number of aliphatic carboxylic acids is 1. The lowest BCUT2D eigenvalue weighted by Gasteiger charge is -2.34. The molecule has 1 aliphatic rings. The van der Waals surface area contributed by atoms with Gasteiger partial charge in [0, 0.05) is 38.3 Å². The van der Waals surface area contributed by atoms with E-state index >= 15 is 0 Å². The van der Waals surface area contributed by atoms with E-state index in [1.54, 1.807) is 4.90 Å². The smallest absolute Gasteiger partial charge is 0.328 e. The Hall–Kier alpha value is -1.36. The summed E-state index contributed by atoms with van der Waals surface area (Å²) in [7, 11) is 0. The Kier molecular flexibility index (Phi) is 5.69. The Balaban J connectivity index is 2.31. The summed E-state index contributed by atoms with van der Waals surface area (Å²) >= 11 is 0. The zero-order valence-corrected chi connectivity index (χ0v) is 10.3. The van der Waals surface area contributed by atoms with Crippen molar-refractivity contribution in [3.63, 3.8) is 0 Å². The summed E-state index contributed by atoms with van der Waals surface area (Å²) in [6, 6.07) is 0. The summed E-state index contributed by atoms with van der Waals surface area (Å²) in [6.45, 7) is 6.39. The van der Waals surface area contributed by atoms with Crippen molar-refractivity contribution < 1.29 is 14.7 Å². The molecule has 0 radical (unpaired) electrons. The molecule has 1 N–H and O–H groups in total. The number of carbonyl (C=O) groups is 2. The Morgan fingerprint density at radius 1 is 1.18 bits per heavy atom. The Morgan fingerprint density at radius 3 is 2.35 bits per heavy atom. The Labute approximate surface area is 102 Å². The number of carbonyl (C=O) groups excluding carboxylic acids is 1. The molecule has 1 amide bonds. The molecule has 1 saturated heterocycles. The van der Waals surface area contributed by atoms with Crippen LogP contribution in [0.15, 0.2) is 12.2 Å². The highest BCUT2D eigenvalue weighted by atomic mass is 16.4. The maximum atomic E-state index is 11.6. The molecule has 1 aliphatic heterocycles. The minimum atomic E-state index is -1.08. The monoisotopic (exact) mass is 240 g/mol. The van der Waals surface area contributed by atoms with Gasteiger partial charge in [0.25, 0.3) is 0 Å². The van der Waals surface area contributed by atoms with Crippen molar-refractivity contribution in [1.29, 1.82) is 0 Å². The third-order valence-corrected chi connectivity index (χ3v) is 2.88. The minimum Gasteiger partial charge on any atom is -0.478 e. The molecule has 0 bridgehead atoms. The van der Waals surface area contributed by atoms with Gasteiger partial charge in [-0.3, -0.25) is 9.69 Å². The van der Waals surface area contributed by atoms with E-state index in [1.807, 2.05) is 0 Å². The predicted molar refractivity (Wildman–Crippen MR) is 64.7 cm³/mol. The van der Waals surface area contributed by atoms with Crippen LogP contribution >= 0.6 is 0 Å². The van der Waals surface area contributed by atoms with Crippen molar-refractivity contribution >= 4 is 11.9 Å². The maximum Gasteiger partial charge on any atom is 0.328 e. The lowest BCUT2D eigenvalue weighted by atomic mass is 10.2. The molecule has 0 unspecified atom stereocenters. The molecule has 0 spiro atoms. The molecule has 1 rings (SSSR count). The highest BCUT2D eigenvalue weighted by Gasteiger charge is 2.18. The molecular weight excluding hydrogens is 220 g/mol. The van der Waals surface area contributed by atoms with Crippen molar-refractivity contribution in [2.24, 2.45) is 0 Å². The molecule has 1 heterocycles. The van der Waals surface area contributed by atoms with E-state index in [1.165, 1.54) is 12.8 Å². The van der Waals surface area contributed by atoms with Crippen molar-refractivity contribution in [3.8, 4) is 0 Å². The standard InChI is InChI=1S/C12H20N2O3/c1-2-3-6-13-7-9-14(10-8-13)11(15)4-5-12(16)17/h4-5H,2-3,6-10H2,1H3,(H,16,17)/b5-4-. The Morgan fingerprint density at radius 2 is 1.82 bits per heavy atom. The topological polar surface area (TPSA) is 60.9 Å². The van der Waals surface area contributed by atoms with Gasteiger partial charge in [-0.1, -0.05) is 13.3 Å². The van der Waals surface area contributed by atoms with Gasteiger partial charge in [-0.05, 0) is 13.0 Å². The first-order valence-electron chi connectivity index (χ1n) is 6.05. The SMILES string of the molecule is CCCCN1CCN(C(=O)/C=C\C(=O)O)CC1. The van der Waals surface area contributed by atoms with Crippen LogP contribution in [0.2, 0.25) is 0 Å². The summed E-state index contributed by atoms with van der Waals surface area (Å²) < 4.78 is 0. The average Bonchev–Trinajstić information content (AvgIpc) is 2.34. The van der Waals surface area contributed by atoms with Crippen molar-refractivity contribution in [1.82, 2.24) is 9.80 Å². The number of carboxylic acids is 1. The van der Waals surface area contributed by atoms with Crippen LogP contribution in [0, 0.1) is 0 Å². The van der Waals surface area contributed by atoms with Crippen LogP contribution in [0.1, 0.15) is 19.8 Å². The van der Waals surface area contributed by atoms with E-state index in [4.69, 9.17) is 5.11 Å². The van der Waals surface area contributed by atoms with E-state index in [0.717, 1.165) is 31.8 Å². The number of hydrogen-bond donors (Lipinski definition) is 1. The fraction of sp³-hybridized carbons (Fsp3) is 0.667. The second-order valence-electron chi connectivity index (χ2n) is 4.19. The molecule has 0 aliphatic carbocycles. The van der Waals surface area contributed by atoms with Crippen LogP contribution in [0.4, 0.5) is 0 Å². The number of amides is 1. The molecule has 5 heteroatoms. The minimum absolute atomic E-state index is 0.206. The number of hydrogen-bond acceptors (Lipinski definition) is 3. The summed E-state index contributed by atoms with van der Waals surface area (Å²) in [5, 5.41) is 8.43. The molecule has 1 fully saturated rings. The van der Waals surface area contributed by atoms with E-state index in [2.05, 4.69) is 11.8 Å². The lowest BCUT2D eigenvalue weighted by Crippen LogP contribution is -2.48. The molecule has 0 atom stereocenters. The number of unbranched alkanes of at least 4 members (excludes halogenated alkanes) is 1. The number of piperazine rings is 1. The first-order chi connectivity index (χ1) is 8.13. The molecule has 0 aromatic heterocycles. The number of nitrogens with zero attached hydrogens (tertiary/aromatic N) is 2. The van der Waals surface area contributed by atoms with Gasteiger partial charge < -0.3 is 10.0 Å². The first kappa shape index (κ1) is 13.7. The van der Waals surface area contributed by atoms with Crippen LogP contribution in [0.25, 0.3) is 0 Å². The van der Waals surface area contributed by atoms with Gasteiger partial charge >= 0.3 is 5.97 Å². The van der Waals surface area contributed by atoms with Crippen molar-refractivity contribution in [3.05, 3.63) is 12.2 Å². The highest BCUT2D eigenvalue weighted by molar-refractivity contribution is 5.93. The zero-order chi connectivity index (χ0) is 12.7. The molecular formula is C12H20N2O3. The van der Waals surface area contributed by atoms with Crippen LogP contribution in [0.5, 0.6) is 0 Å². The van der Waals surface area contributed by atoms with E-state index in [0.29, 0.717) is 13.1 Å². The quantitative estimate of drug-likeness (QED) is 0.714. The van der Waals surface area contributed by atoms with Gasteiger partial charge in [0.05, 0.1) is 0 Å². The van der Waals surface area contributed by atoms with Crippen LogP contribution in [-0.4, -0.2) is 59.5 Å². The third kappa shape index (κ3) is 4.99. The Bertz CT molecular complexity index is 294. The van der Waals surface area contributed by atoms with Gasteiger partial charge in [-0.25, -0.2) is 4.79 Å². The summed E-state index contributed by atoms with van der Waals surface area (Å²) in [5.74, 6) is -1.29. The summed E-state index contributed by atoms with van der Waals surface area (Å²) in [5.41, 5.74) is 0. The van der Waals surface area contributed by atoms with Gasteiger partial charge in [0.1, 0.15) is 0 Å². The third-order valence-electron chi connectivity index (χ3n) is 2.88. The highest BCUT2D eigenvalue weighted by Crippen LogP contribution is 2.04. The normalized spacial score (nSPS) is 17.6. The van der Waals surface area contributed by atoms with Crippen LogP contribution in [0.3, 0.4) is 0 Å². The second kappa shape index (κ2) is 7.06. The van der Waals surface area contributed by atoms with E-state index in [9.17, 15) is 9.59 Å². The maximum absolute atomic E-state index is 11.6. The van der Waals surface area contributed by atoms with Crippen LogP contribution < -0.4 is 0 Å². The van der Waals surface area contributed by atoms with Gasteiger partial charge in [-0.2, -0.15) is 0 Å². The lowest BCUT2D eigenvalue weighted by molar-refractivity contribution is -0.132. The van der Waals surface area contributed by atoms with E-state index in [-0.39, 0.29) is 5.91 Å². The van der Waals surface area contributed by atoms with E-state index < -0.39 is 5.97 Å². The fourth-order valence-electron chi connectivity index (χ4n) is 1.82. The first-order valence-corrected chi connectivity index (χ1v) is 6.05. The average molecular weight is 240 g/mol. The zero-order valence-electron chi connectivity index (χ0n) is 10.3. The molecule has 0 aromatic rings. The molecule has 96 valence electrons. The number of rotatable bonds is 5. The largest absolute Gasteiger partial charge is 0.478 e. The molecule has 0 saturated carbocycles. The number of carboxylic acid groups (broad SMARTS) is 1. The van der Waals surface area contributed by atoms with Gasteiger partial charge in [-0.15, -0.1) is 0 Å². The second-order valence-corrected chi connectivity index (χ2v) is 4.19. The van der Waals surface area contributed by atoms with Crippen LogP contribution in [-0.2, 0) is 9.59 Å².